The van der Waals surface area contributed by atoms with Crippen LogP contribution >= 0.6 is 63.0 Å². The number of aliphatic carboxylic acids is 1. The molecule has 0 saturated carbocycles. The van der Waals surface area contributed by atoms with Gasteiger partial charge in [0.1, 0.15) is 5.57 Å². The molecule has 1 aliphatic heterocycles. The summed E-state index contributed by atoms with van der Waals surface area (Å²) in [5.74, 6) is -2.48. The van der Waals surface area contributed by atoms with Crippen LogP contribution in [0, 0.1) is 0 Å². The number of carboxylic acid groups (broad SMARTS) is 1. The molecular formula is C19H10BrCl3N2O5S. The van der Waals surface area contributed by atoms with Crippen molar-refractivity contribution in [2.24, 2.45) is 0 Å². The summed E-state index contributed by atoms with van der Waals surface area (Å²) < 4.78 is 5.47. The number of ether oxygens (including phenoxy) is 1. The summed E-state index contributed by atoms with van der Waals surface area (Å²) in [6.07, 6.45) is 1.31. The van der Waals surface area contributed by atoms with Gasteiger partial charge >= 0.3 is 5.97 Å². The second-order valence-electron chi connectivity index (χ2n) is 6.03. The normalized spacial score (nSPS) is 15.3. The Bertz CT molecular complexity index is 1150. The van der Waals surface area contributed by atoms with E-state index in [1.807, 2.05) is 0 Å². The van der Waals surface area contributed by atoms with Crippen LogP contribution in [0.4, 0.5) is 5.69 Å². The zero-order valence-corrected chi connectivity index (χ0v) is 19.8. The van der Waals surface area contributed by atoms with Crippen LogP contribution < -0.4 is 15.0 Å². The minimum absolute atomic E-state index is 0.0800. The summed E-state index contributed by atoms with van der Waals surface area (Å²) in [6.45, 7) is -0.591. The molecule has 2 N–H and O–H groups in total. The predicted octanol–water partition coefficient (Wildman–Crippen LogP) is 4.70. The van der Waals surface area contributed by atoms with Gasteiger partial charge in [-0.25, -0.2) is 4.79 Å². The highest BCUT2D eigenvalue weighted by Gasteiger charge is 2.35. The fraction of sp³-hybridized carbons (Fsp3) is 0.0526. The van der Waals surface area contributed by atoms with Crippen LogP contribution in [0.5, 0.6) is 5.75 Å². The zero-order chi connectivity index (χ0) is 22.9. The van der Waals surface area contributed by atoms with Crippen LogP contribution in [0.2, 0.25) is 15.1 Å². The molecule has 1 fully saturated rings. The second-order valence-corrected chi connectivity index (χ2v) is 8.46. The lowest BCUT2D eigenvalue weighted by Gasteiger charge is -2.29. The first-order valence-corrected chi connectivity index (χ1v) is 10.6. The Morgan fingerprint density at radius 1 is 1.23 bits per heavy atom. The van der Waals surface area contributed by atoms with Crippen molar-refractivity contribution in [1.82, 2.24) is 5.32 Å². The molecule has 2 amide bonds. The number of nitrogens with one attached hydrogen (secondary N) is 1. The molecule has 12 heteroatoms. The third-order valence-electron chi connectivity index (χ3n) is 3.95. The van der Waals surface area contributed by atoms with Crippen molar-refractivity contribution in [2.45, 2.75) is 0 Å². The molecule has 2 aromatic carbocycles. The summed E-state index contributed by atoms with van der Waals surface area (Å²) in [6, 6.07) is 7.61. The van der Waals surface area contributed by atoms with Crippen molar-refractivity contribution in [3.05, 3.63) is 61.0 Å². The van der Waals surface area contributed by atoms with E-state index in [0.717, 1.165) is 4.90 Å². The number of benzene rings is 2. The maximum Gasteiger partial charge on any atom is 0.341 e. The van der Waals surface area contributed by atoms with E-state index in [-0.39, 0.29) is 37.2 Å². The SMILES string of the molecule is O=C(O)COc1c(Cl)cc(/C=C2\C(=O)NC(=S)N(c3cccc(Cl)c3Cl)C2=O)cc1Br. The first kappa shape index (κ1) is 23.5. The number of anilines is 1. The molecular weight excluding hydrogens is 555 g/mol. The van der Waals surface area contributed by atoms with Gasteiger partial charge in [0.15, 0.2) is 17.5 Å². The van der Waals surface area contributed by atoms with E-state index >= 15 is 0 Å². The van der Waals surface area contributed by atoms with Gasteiger partial charge in [0.05, 0.1) is 25.2 Å². The lowest BCUT2D eigenvalue weighted by molar-refractivity contribution is -0.139. The van der Waals surface area contributed by atoms with Crippen molar-refractivity contribution in [3.63, 3.8) is 0 Å². The number of halogens is 4. The number of hydrogen-bond donors (Lipinski definition) is 2. The number of amides is 2. The lowest BCUT2D eigenvalue weighted by Crippen LogP contribution is -2.54. The largest absolute Gasteiger partial charge is 0.479 e. The molecule has 0 spiro atoms. The molecule has 2 aromatic rings. The zero-order valence-electron chi connectivity index (χ0n) is 15.1. The van der Waals surface area contributed by atoms with E-state index in [0.29, 0.717) is 10.0 Å². The summed E-state index contributed by atoms with van der Waals surface area (Å²) in [5, 5.41) is 11.4. The molecule has 31 heavy (non-hydrogen) atoms. The molecule has 0 bridgehead atoms. The molecule has 0 unspecified atom stereocenters. The van der Waals surface area contributed by atoms with E-state index in [9.17, 15) is 14.4 Å². The smallest absolute Gasteiger partial charge is 0.341 e. The van der Waals surface area contributed by atoms with Crippen LogP contribution in [0.1, 0.15) is 5.56 Å². The molecule has 1 saturated heterocycles. The summed E-state index contributed by atoms with van der Waals surface area (Å²) in [7, 11) is 0. The van der Waals surface area contributed by atoms with Gasteiger partial charge in [-0.15, -0.1) is 0 Å². The van der Waals surface area contributed by atoms with Crippen LogP contribution in [-0.4, -0.2) is 34.6 Å². The highest BCUT2D eigenvalue weighted by Crippen LogP contribution is 2.37. The van der Waals surface area contributed by atoms with E-state index in [4.69, 9.17) is 56.9 Å². The Hall–Kier alpha value is -2.17. The number of thiocarbonyl (C=S) groups is 1. The van der Waals surface area contributed by atoms with Gasteiger partial charge < -0.3 is 9.84 Å². The Balaban J connectivity index is 2.00. The standard InChI is InChI=1S/C19H10BrCl3N2O5S/c20-10-5-8(6-12(22)16(10)30-7-14(26)27)4-9-17(28)24-19(31)25(18(9)29)13-3-1-2-11(21)15(13)23/h1-6H,7H2,(H,26,27)(H,24,28,31)/b9-4+. The highest BCUT2D eigenvalue weighted by molar-refractivity contribution is 9.10. The average molecular weight is 565 g/mol. The number of hydrogen-bond acceptors (Lipinski definition) is 5. The summed E-state index contributed by atoms with van der Waals surface area (Å²) >= 11 is 26.8. The van der Waals surface area contributed by atoms with Crippen LogP contribution in [-0.2, 0) is 14.4 Å². The van der Waals surface area contributed by atoms with Crippen molar-refractivity contribution in [1.29, 1.82) is 0 Å². The van der Waals surface area contributed by atoms with E-state index in [2.05, 4.69) is 21.2 Å². The van der Waals surface area contributed by atoms with Gasteiger partial charge in [0.2, 0.25) is 0 Å². The highest BCUT2D eigenvalue weighted by atomic mass is 79.9. The summed E-state index contributed by atoms with van der Waals surface area (Å²) in [5.41, 5.74) is 0.363. The van der Waals surface area contributed by atoms with Gasteiger partial charge in [-0.3, -0.25) is 19.8 Å². The third kappa shape index (κ3) is 5.02. The van der Waals surface area contributed by atoms with Crippen molar-refractivity contribution in [2.75, 3.05) is 11.5 Å². The van der Waals surface area contributed by atoms with Gasteiger partial charge in [-0.05, 0) is 64.1 Å². The number of carbonyl (C=O) groups excluding carboxylic acids is 2. The minimum Gasteiger partial charge on any atom is -0.479 e. The van der Waals surface area contributed by atoms with Crippen molar-refractivity contribution < 1.29 is 24.2 Å². The summed E-state index contributed by atoms with van der Waals surface area (Å²) in [4.78, 5) is 37.3. The van der Waals surface area contributed by atoms with Gasteiger partial charge in [0.25, 0.3) is 11.8 Å². The molecule has 160 valence electrons. The Kier molecular flexibility index (Phi) is 7.23. The van der Waals surface area contributed by atoms with Gasteiger partial charge in [-0.2, -0.15) is 0 Å². The molecule has 0 atom stereocenters. The minimum atomic E-state index is -1.17. The average Bonchev–Trinajstić information content (AvgIpc) is 2.67. The molecule has 0 aromatic heterocycles. The fourth-order valence-corrected chi connectivity index (χ4v) is 4.29. The maximum absolute atomic E-state index is 13.1. The van der Waals surface area contributed by atoms with Crippen LogP contribution in [0.15, 0.2) is 40.4 Å². The molecule has 1 heterocycles. The molecule has 0 aliphatic carbocycles. The fourth-order valence-electron chi connectivity index (χ4n) is 2.64. The number of carbonyl (C=O) groups is 3. The first-order valence-electron chi connectivity index (χ1n) is 8.29. The third-order valence-corrected chi connectivity index (χ3v) is 5.91. The Morgan fingerprint density at radius 3 is 2.58 bits per heavy atom. The number of rotatable bonds is 5. The molecule has 7 nitrogen and oxygen atoms in total. The van der Waals surface area contributed by atoms with Gasteiger partial charge in [-0.1, -0.05) is 40.9 Å². The first-order chi connectivity index (χ1) is 14.6. The van der Waals surface area contributed by atoms with E-state index in [1.54, 1.807) is 12.1 Å². The maximum atomic E-state index is 13.1. The predicted molar refractivity (Wildman–Crippen MR) is 125 cm³/mol. The Labute approximate surface area is 204 Å². The molecule has 0 radical (unpaired) electrons. The van der Waals surface area contributed by atoms with E-state index < -0.39 is 24.4 Å². The van der Waals surface area contributed by atoms with Crippen LogP contribution in [0.3, 0.4) is 0 Å². The second kappa shape index (κ2) is 9.54. The van der Waals surface area contributed by atoms with Gasteiger partial charge in [0, 0.05) is 0 Å². The molecule has 3 rings (SSSR count). The quantitative estimate of drug-likeness (QED) is 0.311. The number of nitrogens with zero attached hydrogens (tertiary/aromatic N) is 1. The monoisotopic (exact) mass is 562 g/mol. The topological polar surface area (TPSA) is 95.9 Å². The van der Waals surface area contributed by atoms with Crippen LogP contribution in [0.25, 0.3) is 6.08 Å². The van der Waals surface area contributed by atoms with Crippen molar-refractivity contribution >= 4 is 97.6 Å². The Morgan fingerprint density at radius 2 is 1.94 bits per heavy atom. The number of carboxylic acids is 1. The molecule has 1 aliphatic rings. The lowest BCUT2D eigenvalue weighted by atomic mass is 10.1. The van der Waals surface area contributed by atoms with Crippen molar-refractivity contribution in [3.8, 4) is 5.75 Å². The van der Waals surface area contributed by atoms with E-state index in [1.165, 1.54) is 24.3 Å².